The van der Waals surface area contributed by atoms with Crippen LogP contribution >= 0.6 is 23.2 Å². The number of nitro groups is 1. The van der Waals surface area contributed by atoms with Crippen LogP contribution in [0.3, 0.4) is 0 Å². The maximum Gasteiger partial charge on any atom is 0.363 e. The van der Waals surface area contributed by atoms with E-state index < -0.39 is 10.9 Å². The Bertz CT molecular complexity index is 922. The van der Waals surface area contributed by atoms with Crippen LogP contribution in [-0.2, 0) is 9.53 Å². The van der Waals surface area contributed by atoms with E-state index >= 15 is 0 Å². The lowest BCUT2D eigenvalue weighted by atomic mass is 10.1. The molecule has 6 nitrogen and oxygen atoms in total. The fourth-order valence-corrected chi connectivity index (χ4v) is 2.48. The van der Waals surface area contributed by atoms with Gasteiger partial charge >= 0.3 is 5.97 Å². The predicted octanol–water partition coefficient (Wildman–Crippen LogP) is 4.25. The molecule has 0 saturated carbocycles. The molecule has 0 radical (unpaired) electrons. The van der Waals surface area contributed by atoms with E-state index in [4.69, 9.17) is 27.9 Å². The standard InChI is InChI=1S/C16H8Cl2N2O4/c17-11-4-2-1-3-10(11)15-19-13(16(21)24-15)7-9-5-6-12(18)14(8-9)20(22)23/h1-8H/b13-7-. The van der Waals surface area contributed by atoms with Crippen LogP contribution in [0.25, 0.3) is 6.08 Å². The van der Waals surface area contributed by atoms with Crippen molar-refractivity contribution in [3.63, 3.8) is 0 Å². The van der Waals surface area contributed by atoms with Crippen molar-refractivity contribution in [2.75, 3.05) is 0 Å². The Hall–Kier alpha value is -2.70. The lowest BCUT2D eigenvalue weighted by molar-refractivity contribution is -0.384. The van der Waals surface area contributed by atoms with Gasteiger partial charge in [0.15, 0.2) is 5.70 Å². The number of ether oxygens (including phenoxy) is 1. The van der Waals surface area contributed by atoms with E-state index in [9.17, 15) is 14.9 Å². The molecule has 0 saturated heterocycles. The number of rotatable bonds is 3. The molecule has 1 aliphatic heterocycles. The summed E-state index contributed by atoms with van der Waals surface area (Å²) >= 11 is 11.8. The SMILES string of the molecule is O=C1OC(c2ccccc2Cl)=N/C1=C\c1ccc(Cl)c([N+](=O)[O-])c1. The molecule has 0 aliphatic carbocycles. The number of hydrogen-bond donors (Lipinski definition) is 0. The van der Waals surface area contributed by atoms with Gasteiger partial charge in [-0.2, -0.15) is 0 Å². The van der Waals surface area contributed by atoms with Gasteiger partial charge in [-0.1, -0.05) is 41.4 Å². The van der Waals surface area contributed by atoms with Crippen LogP contribution in [0.1, 0.15) is 11.1 Å². The van der Waals surface area contributed by atoms with Crippen molar-refractivity contribution in [2.45, 2.75) is 0 Å². The number of nitrogens with zero attached hydrogens (tertiary/aromatic N) is 2. The number of carbonyl (C=O) groups is 1. The molecule has 0 atom stereocenters. The maximum absolute atomic E-state index is 12.0. The molecule has 8 heteroatoms. The Morgan fingerprint density at radius 1 is 1.12 bits per heavy atom. The third kappa shape index (κ3) is 3.15. The first-order valence-corrected chi connectivity index (χ1v) is 7.42. The number of carbonyl (C=O) groups excluding carboxylic acids is 1. The second kappa shape index (κ2) is 6.43. The number of hydrogen-bond acceptors (Lipinski definition) is 5. The summed E-state index contributed by atoms with van der Waals surface area (Å²) in [7, 11) is 0. The van der Waals surface area contributed by atoms with Gasteiger partial charge in [0.2, 0.25) is 5.90 Å². The Kier molecular flexibility index (Phi) is 4.33. The topological polar surface area (TPSA) is 81.8 Å². The summed E-state index contributed by atoms with van der Waals surface area (Å²) in [5.74, 6) is -0.581. The van der Waals surface area contributed by atoms with Crippen LogP contribution in [-0.4, -0.2) is 16.8 Å². The molecule has 1 aliphatic rings. The second-order valence-electron chi connectivity index (χ2n) is 4.78. The molecule has 0 spiro atoms. The van der Waals surface area contributed by atoms with E-state index in [-0.39, 0.29) is 22.3 Å². The van der Waals surface area contributed by atoms with Crippen LogP contribution in [0.4, 0.5) is 5.69 Å². The Labute approximate surface area is 146 Å². The van der Waals surface area contributed by atoms with Gasteiger partial charge in [0, 0.05) is 6.07 Å². The fraction of sp³-hybridized carbons (Fsp3) is 0. The largest absolute Gasteiger partial charge is 0.402 e. The summed E-state index contributed by atoms with van der Waals surface area (Å²) in [6.45, 7) is 0. The first-order chi connectivity index (χ1) is 11.5. The highest BCUT2D eigenvalue weighted by molar-refractivity contribution is 6.34. The molecule has 2 aromatic rings. The van der Waals surface area contributed by atoms with Crippen LogP contribution in [0.2, 0.25) is 10.0 Å². The first-order valence-electron chi connectivity index (χ1n) is 6.67. The highest BCUT2D eigenvalue weighted by Crippen LogP contribution is 2.28. The van der Waals surface area contributed by atoms with Crippen molar-refractivity contribution in [3.8, 4) is 0 Å². The predicted molar refractivity (Wildman–Crippen MR) is 90.2 cm³/mol. The lowest BCUT2D eigenvalue weighted by Crippen LogP contribution is -2.05. The molecule has 120 valence electrons. The zero-order valence-electron chi connectivity index (χ0n) is 11.9. The summed E-state index contributed by atoms with van der Waals surface area (Å²) in [5.41, 5.74) is 0.648. The minimum atomic E-state index is -0.664. The average molecular weight is 363 g/mol. The summed E-state index contributed by atoms with van der Waals surface area (Å²) < 4.78 is 5.11. The number of benzene rings is 2. The zero-order chi connectivity index (χ0) is 17.3. The van der Waals surface area contributed by atoms with Crippen LogP contribution in [0.15, 0.2) is 53.2 Å². The minimum Gasteiger partial charge on any atom is -0.402 e. The molecule has 0 N–H and O–H groups in total. The van der Waals surface area contributed by atoms with E-state index in [0.717, 1.165) is 0 Å². The molecule has 24 heavy (non-hydrogen) atoms. The summed E-state index contributed by atoms with van der Waals surface area (Å²) in [4.78, 5) is 26.4. The van der Waals surface area contributed by atoms with Gasteiger partial charge in [0.05, 0.1) is 15.5 Å². The number of cyclic esters (lactones) is 1. The lowest BCUT2D eigenvalue weighted by Gasteiger charge is -2.00. The van der Waals surface area contributed by atoms with Gasteiger partial charge in [0.25, 0.3) is 5.69 Å². The van der Waals surface area contributed by atoms with Crippen molar-refractivity contribution in [1.82, 2.24) is 0 Å². The van der Waals surface area contributed by atoms with E-state index in [2.05, 4.69) is 4.99 Å². The smallest absolute Gasteiger partial charge is 0.363 e. The number of esters is 1. The highest BCUT2D eigenvalue weighted by Gasteiger charge is 2.25. The summed E-state index contributed by atoms with van der Waals surface area (Å²) in [6.07, 6.45) is 1.38. The quantitative estimate of drug-likeness (QED) is 0.353. The minimum absolute atomic E-state index is 0.0106. The number of halogens is 2. The zero-order valence-corrected chi connectivity index (χ0v) is 13.4. The molecule has 0 amide bonds. The fourth-order valence-electron chi connectivity index (χ4n) is 2.08. The molecule has 3 rings (SSSR count). The van der Waals surface area contributed by atoms with Crippen LogP contribution < -0.4 is 0 Å². The second-order valence-corrected chi connectivity index (χ2v) is 5.60. The first kappa shape index (κ1) is 16.2. The highest BCUT2D eigenvalue weighted by atomic mass is 35.5. The van der Waals surface area contributed by atoms with Gasteiger partial charge in [-0.3, -0.25) is 10.1 Å². The van der Waals surface area contributed by atoms with Gasteiger partial charge in [0.1, 0.15) is 5.02 Å². The molecular weight excluding hydrogens is 355 g/mol. The third-order valence-electron chi connectivity index (χ3n) is 3.20. The molecular formula is C16H8Cl2N2O4. The number of aliphatic imine (C=N–C) groups is 1. The maximum atomic E-state index is 12.0. The van der Waals surface area contributed by atoms with Gasteiger partial charge in [-0.05, 0) is 29.8 Å². The average Bonchev–Trinajstić information content (AvgIpc) is 2.90. The van der Waals surface area contributed by atoms with Crippen LogP contribution in [0, 0.1) is 10.1 Å². The Morgan fingerprint density at radius 3 is 2.58 bits per heavy atom. The van der Waals surface area contributed by atoms with Crippen molar-refractivity contribution < 1.29 is 14.5 Å². The van der Waals surface area contributed by atoms with E-state index in [1.807, 2.05) is 0 Å². The normalized spacial score (nSPS) is 15.3. The van der Waals surface area contributed by atoms with Gasteiger partial charge < -0.3 is 4.74 Å². The van der Waals surface area contributed by atoms with Crippen LogP contribution in [0.5, 0.6) is 0 Å². The number of nitro benzene ring substituents is 1. The van der Waals surface area contributed by atoms with Crippen molar-refractivity contribution >= 4 is 46.8 Å². The molecule has 0 fully saturated rings. The molecule has 0 aromatic heterocycles. The van der Waals surface area contributed by atoms with Gasteiger partial charge in [-0.25, -0.2) is 9.79 Å². The molecule has 1 heterocycles. The van der Waals surface area contributed by atoms with Gasteiger partial charge in [-0.15, -0.1) is 0 Å². The van der Waals surface area contributed by atoms with Crippen molar-refractivity contribution in [2.24, 2.45) is 4.99 Å². The van der Waals surface area contributed by atoms with Crippen molar-refractivity contribution in [3.05, 3.63) is 79.4 Å². The molecule has 2 aromatic carbocycles. The van der Waals surface area contributed by atoms with E-state index in [1.165, 1.54) is 18.2 Å². The third-order valence-corrected chi connectivity index (χ3v) is 3.84. The van der Waals surface area contributed by atoms with Crippen molar-refractivity contribution in [1.29, 1.82) is 0 Å². The summed E-state index contributed by atoms with van der Waals surface area (Å²) in [5, 5.41) is 11.3. The molecule has 0 bridgehead atoms. The Balaban J connectivity index is 1.99. The molecule has 0 unspecified atom stereocenters. The Morgan fingerprint density at radius 2 is 1.88 bits per heavy atom. The van der Waals surface area contributed by atoms with E-state index in [1.54, 1.807) is 30.3 Å². The van der Waals surface area contributed by atoms with E-state index in [0.29, 0.717) is 16.1 Å². The monoisotopic (exact) mass is 362 g/mol. The summed E-state index contributed by atoms with van der Waals surface area (Å²) in [6, 6.07) is 11.0.